The summed E-state index contributed by atoms with van der Waals surface area (Å²) < 4.78 is 5.02. The van der Waals surface area contributed by atoms with E-state index in [0.717, 1.165) is 17.6 Å². The quantitative estimate of drug-likeness (QED) is 0.570. The normalized spacial score (nSPS) is 38.2. The lowest BCUT2D eigenvalue weighted by Gasteiger charge is -2.38. The molecular weight excluding hydrogens is 210 g/mol. The fourth-order valence-corrected chi connectivity index (χ4v) is 2.96. The molecule has 0 aromatic carbocycles. The van der Waals surface area contributed by atoms with Crippen molar-refractivity contribution in [2.24, 2.45) is 0 Å². The first-order valence-electron chi connectivity index (χ1n) is 5.70. The average Bonchev–Trinajstić information content (AvgIpc) is 2.66. The van der Waals surface area contributed by atoms with E-state index >= 15 is 0 Å². The van der Waals surface area contributed by atoms with Crippen LogP contribution in [-0.4, -0.2) is 52.6 Å². The number of rotatable bonds is 0. The van der Waals surface area contributed by atoms with Crippen LogP contribution in [-0.2, 0) is 4.74 Å². The number of carbonyl (C=O) groups is 1. The van der Waals surface area contributed by atoms with Gasteiger partial charge in [0, 0.05) is 6.54 Å². The second kappa shape index (κ2) is 3.46. The minimum atomic E-state index is -0.749. The first-order chi connectivity index (χ1) is 7.68. The molecule has 0 aromatic rings. The Morgan fingerprint density at radius 3 is 2.88 bits per heavy atom. The molecule has 3 atom stereocenters. The number of cyclic esters (lactones) is 1. The van der Waals surface area contributed by atoms with E-state index in [9.17, 15) is 15.0 Å². The number of carbonyl (C=O) groups excluding carboxylic acids is 1. The zero-order valence-electron chi connectivity index (χ0n) is 8.93. The van der Waals surface area contributed by atoms with E-state index in [2.05, 4.69) is 0 Å². The Balaban J connectivity index is 1.95. The van der Waals surface area contributed by atoms with Gasteiger partial charge in [-0.15, -0.1) is 0 Å². The highest BCUT2D eigenvalue weighted by Crippen LogP contribution is 2.37. The minimum Gasteiger partial charge on any atom is -0.447 e. The van der Waals surface area contributed by atoms with E-state index in [1.165, 1.54) is 0 Å². The van der Waals surface area contributed by atoms with Crippen molar-refractivity contribution in [3.8, 4) is 0 Å². The van der Waals surface area contributed by atoms with Crippen molar-refractivity contribution in [3.63, 3.8) is 0 Å². The van der Waals surface area contributed by atoms with Gasteiger partial charge in [-0.3, -0.25) is 4.90 Å². The van der Waals surface area contributed by atoms with Gasteiger partial charge in [-0.2, -0.15) is 0 Å². The van der Waals surface area contributed by atoms with Crippen molar-refractivity contribution in [1.29, 1.82) is 0 Å². The van der Waals surface area contributed by atoms with E-state index < -0.39 is 12.2 Å². The van der Waals surface area contributed by atoms with Gasteiger partial charge >= 0.3 is 6.09 Å². The van der Waals surface area contributed by atoms with Gasteiger partial charge in [0.1, 0.15) is 12.7 Å². The van der Waals surface area contributed by atoms with E-state index in [-0.39, 0.29) is 12.1 Å². The lowest BCUT2D eigenvalue weighted by molar-refractivity contribution is 0.0223. The number of fused-ring (bicyclic) bond motifs is 2. The summed E-state index contributed by atoms with van der Waals surface area (Å²) in [4.78, 5) is 13.1. The summed E-state index contributed by atoms with van der Waals surface area (Å²) in [6.07, 6.45) is 0.324. The molecule has 0 spiro atoms. The number of aliphatic hydroxyl groups is 2. The summed E-state index contributed by atoms with van der Waals surface area (Å²) in [6.45, 7) is 0.979. The van der Waals surface area contributed by atoms with Gasteiger partial charge in [0.05, 0.1) is 12.1 Å². The maximum atomic E-state index is 11.4. The molecule has 2 N–H and O–H groups in total. The van der Waals surface area contributed by atoms with Gasteiger partial charge in [-0.25, -0.2) is 4.79 Å². The summed E-state index contributed by atoms with van der Waals surface area (Å²) >= 11 is 0. The van der Waals surface area contributed by atoms with Crippen LogP contribution in [0, 0.1) is 0 Å². The van der Waals surface area contributed by atoms with Gasteiger partial charge in [0.2, 0.25) is 0 Å². The van der Waals surface area contributed by atoms with Crippen LogP contribution in [0.3, 0.4) is 0 Å². The zero-order valence-corrected chi connectivity index (χ0v) is 8.93. The first kappa shape index (κ1) is 10.1. The van der Waals surface area contributed by atoms with Crippen molar-refractivity contribution in [1.82, 2.24) is 4.90 Å². The number of hydrogen-bond donors (Lipinski definition) is 2. The van der Waals surface area contributed by atoms with Gasteiger partial charge in [-0.1, -0.05) is 0 Å². The molecule has 1 saturated heterocycles. The summed E-state index contributed by atoms with van der Waals surface area (Å²) in [5, 5.41) is 19.5. The molecule has 3 aliphatic rings. The van der Waals surface area contributed by atoms with E-state index in [4.69, 9.17) is 4.74 Å². The third-order valence-electron chi connectivity index (χ3n) is 3.84. The summed E-state index contributed by atoms with van der Waals surface area (Å²) in [6, 6.07) is -0.00148. The zero-order chi connectivity index (χ0) is 11.3. The Kier molecular flexibility index (Phi) is 2.19. The van der Waals surface area contributed by atoms with E-state index in [1.807, 2.05) is 0 Å². The van der Waals surface area contributed by atoms with Crippen LogP contribution < -0.4 is 0 Å². The number of aliphatic hydroxyl groups excluding tert-OH is 2. The summed E-state index contributed by atoms with van der Waals surface area (Å²) in [5.74, 6) is 0. The maximum Gasteiger partial charge on any atom is 0.410 e. The molecule has 1 amide bonds. The molecule has 3 rings (SSSR count). The van der Waals surface area contributed by atoms with Crippen molar-refractivity contribution in [3.05, 3.63) is 11.1 Å². The van der Waals surface area contributed by atoms with Gasteiger partial charge < -0.3 is 14.9 Å². The fourth-order valence-electron chi connectivity index (χ4n) is 2.96. The highest BCUT2D eigenvalue weighted by atomic mass is 16.6. The lowest BCUT2D eigenvalue weighted by atomic mass is 9.80. The standard InChI is InChI=1S/C11H15NO4/c13-9-2-1-6-7(10(9)14)3-4-12-8(6)5-16-11(12)15/h8-10,13-14H,1-5H2/t8-,9+,10-/m1/s1. The van der Waals surface area contributed by atoms with Gasteiger partial charge in [0.25, 0.3) is 0 Å². The fraction of sp³-hybridized carbons (Fsp3) is 0.727. The van der Waals surface area contributed by atoms with Crippen LogP contribution in [0.5, 0.6) is 0 Å². The van der Waals surface area contributed by atoms with Crippen LogP contribution in [0.25, 0.3) is 0 Å². The predicted octanol–water partition coefficient (Wildman–Crippen LogP) is 0.0231. The molecule has 1 aliphatic carbocycles. The van der Waals surface area contributed by atoms with Crippen molar-refractivity contribution in [2.75, 3.05) is 13.2 Å². The Morgan fingerprint density at radius 2 is 2.06 bits per heavy atom. The second-order valence-corrected chi connectivity index (χ2v) is 4.64. The minimum absolute atomic E-state index is 0.00148. The molecule has 0 aromatic heterocycles. The third-order valence-corrected chi connectivity index (χ3v) is 3.84. The molecule has 2 heterocycles. The lowest BCUT2D eigenvalue weighted by Crippen LogP contribution is -2.45. The SMILES string of the molecule is O=C1OC[C@@H]2C3=C(CCN12)[C@@H](O)[C@@H](O)CC3. The molecule has 88 valence electrons. The Bertz CT molecular complexity index is 365. The molecule has 0 saturated carbocycles. The molecule has 0 unspecified atom stereocenters. The number of amides is 1. The van der Waals surface area contributed by atoms with Crippen LogP contribution >= 0.6 is 0 Å². The Labute approximate surface area is 93.3 Å². The molecular formula is C11H15NO4. The number of nitrogens with zero attached hydrogens (tertiary/aromatic N) is 1. The van der Waals surface area contributed by atoms with E-state index in [0.29, 0.717) is 26.0 Å². The number of hydrogen-bond acceptors (Lipinski definition) is 4. The first-order valence-corrected chi connectivity index (χ1v) is 5.70. The van der Waals surface area contributed by atoms with Crippen LogP contribution in [0.4, 0.5) is 4.79 Å². The molecule has 1 fully saturated rings. The highest BCUT2D eigenvalue weighted by molar-refractivity contribution is 5.71. The molecule has 16 heavy (non-hydrogen) atoms. The van der Waals surface area contributed by atoms with Crippen LogP contribution in [0.2, 0.25) is 0 Å². The van der Waals surface area contributed by atoms with Crippen molar-refractivity contribution < 1.29 is 19.7 Å². The average molecular weight is 225 g/mol. The maximum absolute atomic E-state index is 11.4. The summed E-state index contributed by atoms with van der Waals surface area (Å²) in [7, 11) is 0. The summed E-state index contributed by atoms with van der Waals surface area (Å²) in [5.41, 5.74) is 2.04. The van der Waals surface area contributed by atoms with Crippen LogP contribution in [0.1, 0.15) is 19.3 Å². The Morgan fingerprint density at radius 1 is 1.25 bits per heavy atom. The second-order valence-electron chi connectivity index (χ2n) is 4.64. The van der Waals surface area contributed by atoms with Crippen molar-refractivity contribution in [2.45, 2.75) is 37.5 Å². The largest absolute Gasteiger partial charge is 0.447 e. The van der Waals surface area contributed by atoms with Gasteiger partial charge in [-0.05, 0) is 30.4 Å². The molecule has 2 aliphatic heterocycles. The Hall–Kier alpha value is -1.07. The predicted molar refractivity (Wildman–Crippen MR) is 54.7 cm³/mol. The van der Waals surface area contributed by atoms with E-state index in [1.54, 1.807) is 4.90 Å². The molecule has 5 heteroatoms. The highest BCUT2D eigenvalue weighted by Gasteiger charge is 2.43. The smallest absolute Gasteiger partial charge is 0.410 e. The molecule has 5 nitrogen and oxygen atoms in total. The monoisotopic (exact) mass is 225 g/mol. The van der Waals surface area contributed by atoms with Crippen molar-refractivity contribution >= 4 is 6.09 Å². The van der Waals surface area contributed by atoms with Gasteiger partial charge in [0.15, 0.2) is 0 Å². The third kappa shape index (κ3) is 1.28. The molecule has 0 bridgehead atoms. The number of ether oxygens (including phenoxy) is 1. The topological polar surface area (TPSA) is 70.0 Å². The molecule has 0 radical (unpaired) electrons. The van der Waals surface area contributed by atoms with Crippen LogP contribution in [0.15, 0.2) is 11.1 Å².